The molecule has 6 nitrogen and oxygen atoms in total. The molecule has 112 valence electrons. The number of likely N-dealkylation sites (tertiary alicyclic amines) is 1. The Balaban J connectivity index is 2.15. The van der Waals surface area contributed by atoms with E-state index in [-0.39, 0.29) is 25.4 Å². The number of carbonyl (C=O) groups excluding carboxylic acids is 1. The van der Waals surface area contributed by atoms with Gasteiger partial charge in [-0.1, -0.05) is 17.7 Å². The van der Waals surface area contributed by atoms with Gasteiger partial charge in [0.25, 0.3) is 5.91 Å². The molecule has 1 aromatic carbocycles. The SMILES string of the molecule is Cc1ccc(C(=O)N2CCC(C(=O)O)C(C(=O)O)C2)cc1. The fraction of sp³-hybridized carbons (Fsp3) is 0.400. The van der Waals surface area contributed by atoms with E-state index in [0.717, 1.165) is 5.56 Å². The monoisotopic (exact) mass is 291 g/mol. The Bertz CT molecular complexity index is 566. The first-order valence-electron chi connectivity index (χ1n) is 6.71. The average molecular weight is 291 g/mol. The number of benzene rings is 1. The Morgan fingerprint density at radius 3 is 2.14 bits per heavy atom. The van der Waals surface area contributed by atoms with Crippen LogP contribution < -0.4 is 0 Å². The summed E-state index contributed by atoms with van der Waals surface area (Å²) in [5.41, 5.74) is 1.51. The van der Waals surface area contributed by atoms with Crippen molar-refractivity contribution >= 4 is 17.8 Å². The van der Waals surface area contributed by atoms with E-state index in [1.54, 1.807) is 12.1 Å². The summed E-state index contributed by atoms with van der Waals surface area (Å²) < 4.78 is 0. The van der Waals surface area contributed by atoms with Crippen molar-refractivity contribution in [3.63, 3.8) is 0 Å². The maximum atomic E-state index is 12.3. The maximum Gasteiger partial charge on any atom is 0.309 e. The van der Waals surface area contributed by atoms with Crippen molar-refractivity contribution in [1.29, 1.82) is 0 Å². The molecule has 0 bridgehead atoms. The first kappa shape index (κ1) is 15.0. The second-order valence-electron chi connectivity index (χ2n) is 5.30. The number of rotatable bonds is 3. The number of carboxylic acid groups (broad SMARTS) is 2. The molecule has 2 N–H and O–H groups in total. The Hall–Kier alpha value is -2.37. The summed E-state index contributed by atoms with van der Waals surface area (Å²) in [5, 5.41) is 18.2. The molecule has 1 aliphatic heterocycles. The lowest BCUT2D eigenvalue weighted by Crippen LogP contribution is -2.48. The first-order chi connectivity index (χ1) is 9.90. The van der Waals surface area contributed by atoms with Crippen LogP contribution in [0.1, 0.15) is 22.3 Å². The van der Waals surface area contributed by atoms with Gasteiger partial charge in [0.05, 0.1) is 11.8 Å². The van der Waals surface area contributed by atoms with Gasteiger partial charge in [-0.3, -0.25) is 14.4 Å². The fourth-order valence-corrected chi connectivity index (χ4v) is 2.56. The van der Waals surface area contributed by atoms with Crippen LogP contribution in [0, 0.1) is 18.8 Å². The molecule has 2 rings (SSSR count). The van der Waals surface area contributed by atoms with Gasteiger partial charge in [-0.25, -0.2) is 0 Å². The Labute approximate surface area is 122 Å². The predicted octanol–water partition coefficient (Wildman–Crippen LogP) is 1.24. The van der Waals surface area contributed by atoms with Crippen molar-refractivity contribution in [2.24, 2.45) is 11.8 Å². The molecule has 0 aromatic heterocycles. The molecular weight excluding hydrogens is 274 g/mol. The van der Waals surface area contributed by atoms with Gasteiger partial charge in [-0.05, 0) is 25.5 Å². The molecule has 6 heteroatoms. The highest BCUT2D eigenvalue weighted by molar-refractivity contribution is 5.95. The van der Waals surface area contributed by atoms with Crippen molar-refractivity contribution in [3.05, 3.63) is 35.4 Å². The number of nitrogens with zero attached hydrogens (tertiary/aromatic N) is 1. The zero-order valence-corrected chi connectivity index (χ0v) is 11.7. The Morgan fingerprint density at radius 2 is 1.62 bits per heavy atom. The van der Waals surface area contributed by atoms with Gasteiger partial charge in [0.1, 0.15) is 0 Å². The Kier molecular flexibility index (Phi) is 4.26. The number of hydrogen-bond donors (Lipinski definition) is 2. The Morgan fingerprint density at radius 1 is 1.05 bits per heavy atom. The van der Waals surface area contributed by atoms with Crippen LogP contribution in [0.4, 0.5) is 0 Å². The normalized spacial score (nSPS) is 21.9. The molecule has 21 heavy (non-hydrogen) atoms. The van der Waals surface area contributed by atoms with Crippen molar-refractivity contribution in [2.75, 3.05) is 13.1 Å². The highest BCUT2D eigenvalue weighted by Gasteiger charge is 2.40. The quantitative estimate of drug-likeness (QED) is 0.873. The second-order valence-corrected chi connectivity index (χ2v) is 5.30. The fourth-order valence-electron chi connectivity index (χ4n) is 2.56. The van der Waals surface area contributed by atoms with Gasteiger partial charge in [0, 0.05) is 18.7 Å². The summed E-state index contributed by atoms with van der Waals surface area (Å²) in [4.78, 5) is 36.1. The van der Waals surface area contributed by atoms with Gasteiger partial charge in [0.15, 0.2) is 0 Å². The standard InChI is InChI=1S/C15H17NO5/c1-9-2-4-10(5-3-9)13(17)16-7-6-11(14(18)19)12(8-16)15(20)21/h2-5,11-12H,6-8H2,1H3,(H,18,19)(H,20,21). The van der Waals surface area contributed by atoms with Crippen molar-refractivity contribution < 1.29 is 24.6 Å². The molecule has 2 unspecified atom stereocenters. The highest BCUT2D eigenvalue weighted by Crippen LogP contribution is 2.25. The zero-order valence-electron chi connectivity index (χ0n) is 11.7. The summed E-state index contributed by atoms with van der Waals surface area (Å²) in [7, 11) is 0. The number of carbonyl (C=O) groups is 3. The van der Waals surface area contributed by atoms with Crippen LogP contribution in [0.15, 0.2) is 24.3 Å². The van der Waals surface area contributed by atoms with Gasteiger partial charge in [-0.2, -0.15) is 0 Å². The van der Waals surface area contributed by atoms with E-state index in [4.69, 9.17) is 10.2 Å². The van der Waals surface area contributed by atoms with Crippen molar-refractivity contribution in [1.82, 2.24) is 4.90 Å². The molecule has 1 saturated heterocycles. The maximum absolute atomic E-state index is 12.3. The third kappa shape index (κ3) is 3.21. The van der Waals surface area contributed by atoms with E-state index in [1.165, 1.54) is 4.90 Å². The van der Waals surface area contributed by atoms with Crippen LogP contribution in [-0.2, 0) is 9.59 Å². The van der Waals surface area contributed by atoms with E-state index in [2.05, 4.69) is 0 Å². The van der Waals surface area contributed by atoms with E-state index in [1.807, 2.05) is 19.1 Å². The van der Waals surface area contributed by atoms with Crippen LogP contribution in [0.3, 0.4) is 0 Å². The lowest BCUT2D eigenvalue weighted by molar-refractivity contribution is -0.156. The molecule has 0 saturated carbocycles. The van der Waals surface area contributed by atoms with E-state index in [9.17, 15) is 14.4 Å². The molecule has 1 heterocycles. The molecule has 0 radical (unpaired) electrons. The number of aryl methyl sites for hydroxylation is 1. The molecular formula is C15H17NO5. The van der Waals surface area contributed by atoms with E-state index >= 15 is 0 Å². The molecule has 1 aliphatic rings. The predicted molar refractivity (Wildman–Crippen MR) is 74.0 cm³/mol. The van der Waals surface area contributed by atoms with Crippen LogP contribution >= 0.6 is 0 Å². The van der Waals surface area contributed by atoms with Crippen LogP contribution in [-0.4, -0.2) is 46.0 Å². The molecule has 1 fully saturated rings. The third-order valence-electron chi connectivity index (χ3n) is 3.83. The van der Waals surface area contributed by atoms with Crippen molar-refractivity contribution in [3.8, 4) is 0 Å². The van der Waals surface area contributed by atoms with Crippen LogP contribution in [0.5, 0.6) is 0 Å². The first-order valence-corrected chi connectivity index (χ1v) is 6.71. The van der Waals surface area contributed by atoms with Crippen molar-refractivity contribution in [2.45, 2.75) is 13.3 Å². The number of amides is 1. The minimum atomic E-state index is -1.18. The minimum absolute atomic E-state index is 0.0704. The topological polar surface area (TPSA) is 94.9 Å². The third-order valence-corrected chi connectivity index (χ3v) is 3.83. The van der Waals surface area contributed by atoms with Gasteiger partial charge >= 0.3 is 11.9 Å². The van der Waals surface area contributed by atoms with E-state index in [0.29, 0.717) is 5.56 Å². The summed E-state index contributed by atoms with van der Waals surface area (Å²) in [5.74, 6) is -4.56. The molecule has 1 aromatic rings. The number of aliphatic carboxylic acids is 2. The molecule has 0 spiro atoms. The average Bonchev–Trinajstić information content (AvgIpc) is 2.46. The summed E-state index contributed by atoms with van der Waals surface area (Å²) in [6.45, 7) is 2.10. The largest absolute Gasteiger partial charge is 0.481 e. The molecule has 1 amide bonds. The highest BCUT2D eigenvalue weighted by atomic mass is 16.4. The number of piperidine rings is 1. The lowest BCUT2D eigenvalue weighted by Gasteiger charge is -2.34. The zero-order chi connectivity index (χ0) is 15.6. The summed E-state index contributed by atoms with van der Waals surface area (Å²) in [6.07, 6.45) is 0.157. The molecule has 2 atom stereocenters. The smallest absolute Gasteiger partial charge is 0.309 e. The van der Waals surface area contributed by atoms with Gasteiger partial charge in [0.2, 0.25) is 0 Å². The number of hydrogen-bond acceptors (Lipinski definition) is 3. The summed E-state index contributed by atoms with van der Waals surface area (Å²) >= 11 is 0. The lowest BCUT2D eigenvalue weighted by atomic mass is 9.85. The number of carboxylic acids is 2. The van der Waals surface area contributed by atoms with Gasteiger partial charge < -0.3 is 15.1 Å². The minimum Gasteiger partial charge on any atom is -0.481 e. The molecule has 0 aliphatic carbocycles. The summed E-state index contributed by atoms with van der Waals surface area (Å²) in [6, 6.07) is 7.01. The van der Waals surface area contributed by atoms with E-state index < -0.39 is 23.8 Å². The van der Waals surface area contributed by atoms with Crippen LogP contribution in [0.25, 0.3) is 0 Å². The second kappa shape index (κ2) is 5.95. The van der Waals surface area contributed by atoms with Gasteiger partial charge in [-0.15, -0.1) is 0 Å². The van der Waals surface area contributed by atoms with Crippen LogP contribution in [0.2, 0.25) is 0 Å².